The van der Waals surface area contributed by atoms with E-state index in [1.165, 1.54) is 17.1 Å². The number of benzene rings is 2. The van der Waals surface area contributed by atoms with E-state index in [1.807, 2.05) is 66.8 Å². The molecule has 1 amide bonds. The number of thioether (sulfide) groups is 2. The molecule has 0 atom stereocenters. The van der Waals surface area contributed by atoms with E-state index in [9.17, 15) is 4.79 Å². The lowest BCUT2D eigenvalue weighted by atomic mass is 10.2. The fourth-order valence-corrected chi connectivity index (χ4v) is 5.20. The van der Waals surface area contributed by atoms with E-state index in [0.717, 1.165) is 11.3 Å². The Morgan fingerprint density at radius 3 is 2.74 bits per heavy atom. The van der Waals surface area contributed by atoms with Crippen molar-refractivity contribution in [3.63, 3.8) is 0 Å². The second-order valence-corrected chi connectivity index (χ2v) is 8.08. The summed E-state index contributed by atoms with van der Waals surface area (Å²) in [5.74, 6) is 2.95. The molecule has 1 saturated heterocycles. The molecule has 23 heavy (non-hydrogen) atoms. The average molecular weight is 345 g/mol. The Kier molecular flexibility index (Phi) is 5.51. The molecule has 2 aromatic carbocycles. The maximum atomic E-state index is 12.1. The molecule has 0 aliphatic carbocycles. The van der Waals surface area contributed by atoms with Crippen LogP contribution in [0, 0.1) is 6.92 Å². The Morgan fingerprint density at radius 1 is 1.17 bits per heavy atom. The van der Waals surface area contributed by atoms with Crippen molar-refractivity contribution in [3.05, 3.63) is 59.7 Å². The highest BCUT2D eigenvalue weighted by molar-refractivity contribution is 8.19. The first-order valence-electron chi connectivity index (χ1n) is 7.53. The van der Waals surface area contributed by atoms with E-state index in [0.29, 0.717) is 10.3 Å². The summed E-state index contributed by atoms with van der Waals surface area (Å²) in [6.45, 7) is 2.01. The molecule has 0 saturated carbocycles. The van der Waals surface area contributed by atoms with Gasteiger partial charge in [-0.25, -0.2) is 0 Å². The van der Waals surface area contributed by atoms with Crippen LogP contribution in [0.2, 0.25) is 0 Å². The second kappa shape index (κ2) is 7.79. The van der Waals surface area contributed by atoms with Crippen LogP contribution in [0.15, 0.2) is 48.5 Å². The molecule has 0 aromatic heterocycles. The zero-order valence-corrected chi connectivity index (χ0v) is 14.6. The Labute approximate surface area is 145 Å². The van der Waals surface area contributed by atoms with Crippen molar-refractivity contribution in [2.45, 2.75) is 11.5 Å². The first-order chi connectivity index (χ1) is 11.2. The standard InChI is InChI=1S/C18H19NO2S2/c1-13-4-2-7-16(10-13)21-12-17(20)19-15-6-3-5-14(11-15)18-22-8-9-23-18/h2-7,10-11,18H,8-9,12H2,1H3,(H,19,20). The van der Waals surface area contributed by atoms with Crippen LogP contribution in [0.5, 0.6) is 5.75 Å². The topological polar surface area (TPSA) is 38.3 Å². The fourth-order valence-electron chi connectivity index (χ4n) is 2.36. The zero-order valence-electron chi connectivity index (χ0n) is 13.0. The van der Waals surface area contributed by atoms with Crippen molar-refractivity contribution >= 4 is 35.1 Å². The van der Waals surface area contributed by atoms with Crippen molar-refractivity contribution in [2.24, 2.45) is 0 Å². The molecular weight excluding hydrogens is 326 g/mol. The van der Waals surface area contributed by atoms with Gasteiger partial charge >= 0.3 is 0 Å². The van der Waals surface area contributed by atoms with Crippen molar-refractivity contribution in [1.82, 2.24) is 0 Å². The Balaban J connectivity index is 1.56. The molecule has 1 fully saturated rings. The van der Waals surface area contributed by atoms with Gasteiger partial charge < -0.3 is 10.1 Å². The predicted molar refractivity (Wildman–Crippen MR) is 99.4 cm³/mol. The molecule has 0 bridgehead atoms. The molecule has 1 N–H and O–H groups in total. The quantitative estimate of drug-likeness (QED) is 0.866. The maximum Gasteiger partial charge on any atom is 0.262 e. The second-order valence-electron chi connectivity index (χ2n) is 5.35. The Morgan fingerprint density at radius 2 is 1.96 bits per heavy atom. The summed E-state index contributed by atoms with van der Waals surface area (Å²) in [7, 11) is 0. The highest BCUT2D eigenvalue weighted by atomic mass is 32.2. The van der Waals surface area contributed by atoms with Crippen LogP contribution in [-0.4, -0.2) is 24.0 Å². The number of anilines is 1. The van der Waals surface area contributed by atoms with Crippen molar-refractivity contribution in [1.29, 1.82) is 0 Å². The summed E-state index contributed by atoms with van der Waals surface area (Å²) in [4.78, 5) is 12.1. The number of amides is 1. The van der Waals surface area contributed by atoms with Crippen molar-refractivity contribution < 1.29 is 9.53 Å². The minimum absolute atomic E-state index is 0.0145. The van der Waals surface area contributed by atoms with Crippen LogP contribution in [-0.2, 0) is 4.79 Å². The van der Waals surface area contributed by atoms with Crippen LogP contribution in [0.25, 0.3) is 0 Å². The first-order valence-corrected chi connectivity index (χ1v) is 9.63. The predicted octanol–water partition coefficient (Wildman–Crippen LogP) is 4.49. The minimum Gasteiger partial charge on any atom is -0.484 e. The average Bonchev–Trinajstić information content (AvgIpc) is 3.08. The van der Waals surface area contributed by atoms with Crippen LogP contribution in [0.4, 0.5) is 5.69 Å². The summed E-state index contributed by atoms with van der Waals surface area (Å²) in [5, 5.41) is 2.91. The van der Waals surface area contributed by atoms with E-state index in [-0.39, 0.29) is 12.5 Å². The molecule has 3 nitrogen and oxygen atoms in total. The van der Waals surface area contributed by atoms with Crippen LogP contribution in [0.3, 0.4) is 0 Å². The third-order valence-electron chi connectivity index (χ3n) is 3.42. The summed E-state index contributed by atoms with van der Waals surface area (Å²) in [6, 6.07) is 15.8. The van der Waals surface area contributed by atoms with E-state index >= 15 is 0 Å². The van der Waals surface area contributed by atoms with E-state index in [1.54, 1.807) is 0 Å². The SMILES string of the molecule is Cc1cccc(OCC(=O)Nc2cccc(C3SCCS3)c2)c1. The van der Waals surface area contributed by atoms with Crippen LogP contribution < -0.4 is 10.1 Å². The van der Waals surface area contributed by atoms with Gasteiger partial charge in [0, 0.05) is 17.2 Å². The fraction of sp³-hybridized carbons (Fsp3) is 0.278. The summed E-state index contributed by atoms with van der Waals surface area (Å²) < 4.78 is 6.01. The maximum absolute atomic E-state index is 12.1. The van der Waals surface area contributed by atoms with Gasteiger partial charge in [0.05, 0.1) is 4.58 Å². The molecule has 120 valence electrons. The van der Waals surface area contributed by atoms with E-state index < -0.39 is 0 Å². The molecule has 0 unspecified atom stereocenters. The lowest BCUT2D eigenvalue weighted by Gasteiger charge is -2.11. The number of hydrogen-bond acceptors (Lipinski definition) is 4. The molecule has 2 aromatic rings. The first kappa shape index (κ1) is 16.3. The van der Waals surface area contributed by atoms with E-state index in [2.05, 4.69) is 17.4 Å². The number of nitrogens with one attached hydrogen (secondary N) is 1. The number of rotatable bonds is 5. The molecule has 1 heterocycles. The summed E-state index contributed by atoms with van der Waals surface area (Å²) in [6.07, 6.45) is 0. The van der Waals surface area contributed by atoms with Gasteiger partial charge in [-0.3, -0.25) is 4.79 Å². The highest BCUT2D eigenvalue weighted by Crippen LogP contribution is 2.45. The van der Waals surface area contributed by atoms with Crippen LogP contribution >= 0.6 is 23.5 Å². The largest absolute Gasteiger partial charge is 0.484 e. The Bertz CT molecular complexity index is 684. The molecular formula is C18H19NO2S2. The molecule has 1 aliphatic rings. The van der Waals surface area contributed by atoms with Crippen molar-refractivity contribution in [2.75, 3.05) is 23.4 Å². The van der Waals surface area contributed by atoms with Gasteiger partial charge in [-0.2, -0.15) is 0 Å². The number of carbonyl (C=O) groups excluding carboxylic acids is 1. The van der Waals surface area contributed by atoms with Gasteiger partial charge in [-0.15, -0.1) is 23.5 Å². The number of carbonyl (C=O) groups is 1. The lowest BCUT2D eigenvalue weighted by Crippen LogP contribution is -2.20. The van der Waals surface area contributed by atoms with Gasteiger partial charge in [0.15, 0.2) is 6.61 Å². The lowest BCUT2D eigenvalue weighted by molar-refractivity contribution is -0.118. The smallest absolute Gasteiger partial charge is 0.262 e. The molecule has 3 rings (SSSR count). The van der Waals surface area contributed by atoms with Gasteiger partial charge in [-0.1, -0.05) is 24.3 Å². The van der Waals surface area contributed by atoms with Gasteiger partial charge in [0.1, 0.15) is 5.75 Å². The summed E-state index contributed by atoms with van der Waals surface area (Å²) in [5.41, 5.74) is 3.20. The van der Waals surface area contributed by atoms with Gasteiger partial charge in [0.25, 0.3) is 5.91 Å². The third-order valence-corrected chi connectivity index (χ3v) is 6.53. The normalized spacial score (nSPS) is 14.7. The molecule has 0 radical (unpaired) electrons. The minimum atomic E-state index is -0.143. The highest BCUT2D eigenvalue weighted by Gasteiger charge is 2.18. The third kappa shape index (κ3) is 4.69. The van der Waals surface area contributed by atoms with Gasteiger partial charge in [-0.05, 0) is 42.3 Å². The zero-order chi connectivity index (χ0) is 16.1. The molecule has 0 spiro atoms. The van der Waals surface area contributed by atoms with Crippen LogP contribution in [0.1, 0.15) is 15.7 Å². The van der Waals surface area contributed by atoms with Crippen molar-refractivity contribution in [3.8, 4) is 5.75 Å². The molecule has 1 aliphatic heterocycles. The Hall–Kier alpha value is -1.59. The summed E-state index contributed by atoms with van der Waals surface area (Å²) >= 11 is 3.91. The number of ether oxygens (including phenoxy) is 1. The monoisotopic (exact) mass is 345 g/mol. The van der Waals surface area contributed by atoms with Gasteiger partial charge in [0.2, 0.25) is 0 Å². The van der Waals surface area contributed by atoms with E-state index in [4.69, 9.17) is 4.74 Å². The molecule has 5 heteroatoms. The number of aryl methyl sites for hydroxylation is 1. The number of hydrogen-bond donors (Lipinski definition) is 1.